The molecule has 184 valence electrons. The predicted octanol–water partition coefficient (Wildman–Crippen LogP) is 9.14. The van der Waals surface area contributed by atoms with Crippen molar-refractivity contribution in [3.63, 3.8) is 0 Å². The molecule has 2 nitrogen and oxygen atoms in total. The minimum Gasteiger partial charge on any atom is -0.412 e. The first-order valence-electron chi connectivity index (χ1n) is 13.9. The molecule has 0 aromatic carbocycles. The average Bonchev–Trinajstić information content (AvgIpc) is 2.72. The summed E-state index contributed by atoms with van der Waals surface area (Å²) in [7, 11) is 0. The quantitative estimate of drug-likeness (QED) is 0.162. The molecular formula is C28H61NO. The van der Waals surface area contributed by atoms with E-state index in [4.69, 9.17) is 5.73 Å². The van der Waals surface area contributed by atoms with Crippen LogP contribution in [0.2, 0.25) is 0 Å². The lowest BCUT2D eigenvalue weighted by molar-refractivity contribution is 0.199. The van der Waals surface area contributed by atoms with Crippen LogP contribution in [0, 0.1) is 5.92 Å². The highest BCUT2D eigenvalue weighted by Gasteiger charge is 2.32. The van der Waals surface area contributed by atoms with Gasteiger partial charge in [-0.2, -0.15) is 0 Å². The Labute approximate surface area is 191 Å². The van der Waals surface area contributed by atoms with E-state index in [0.29, 0.717) is 0 Å². The van der Waals surface area contributed by atoms with Gasteiger partial charge in [0, 0.05) is 5.54 Å². The Kier molecular flexibility index (Phi) is 25.2. The molecule has 2 heteroatoms. The van der Waals surface area contributed by atoms with Gasteiger partial charge < -0.3 is 11.2 Å². The largest absolute Gasteiger partial charge is 0.412 e. The Hall–Kier alpha value is -0.0800. The van der Waals surface area contributed by atoms with E-state index in [1.54, 1.807) is 0 Å². The van der Waals surface area contributed by atoms with Gasteiger partial charge in [0.05, 0.1) is 0 Å². The van der Waals surface area contributed by atoms with Crippen molar-refractivity contribution >= 4 is 0 Å². The highest BCUT2D eigenvalue weighted by molar-refractivity contribution is 4.90. The third kappa shape index (κ3) is 17.6. The first kappa shape index (κ1) is 32.1. The van der Waals surface area contributed by atoms with Crippen LogP contribution in [0.1, 0.15) is 169 Å². The molecule has 0 heterocycles. The minimum atomic E-state index is 0. The summed E-state index contributed by atoms with van der Waals surface area (Å²) in [6, 6.07) is 0. The van der Waals surface area contributed by atoms with Crippen LogP contribution < -0.4 is 5.73 Å². The molecule has 0 spiro atoms. The Morgan fingerprint density at radius 2 is 0.833 bits per heavy atom. The van der Waals surface area contributed by atoms with Crippen LogP contribution in [-0.4, -0.2) is 11.0 Å². The van der Waals surface area contributed by atoms with Crippen molar-refractivity contribution in [3.8, 4) is 0 Å². The molecule has 1 atom stereocenters. The smallest absolute Gasteiger partial charge is 0.0182 e. The van der Waals surface area contributed by atoms with E-state index in [0.717, 1.165) is 5.92 Å². The zero-order valence-electron chi connectivity index (χ0n) is 21.7. The second kappa shape index (κ2) is 23.6. The van der Waals surface area contributed by atoms with Gasteiger partial charge in [-0.15, -0.1) is 0 Å². The summed E-state index contributed by atoms with van der Waals surface area (Å²) in [6.45, 7) is 9.31. The third-order valence-electron chi connectivity index (χ3n) is 7.20. The van der Waals surface area contributed by atoms with Crippen LogP contribution >= 0.6 is 0 Å². The zero-order chi connectivity index (χ0) is 21.6. The first-order chi connectivity index (χ1) is 14.1. The van der Waals surface area contributed by atoms with Crippen LogP contribution in [-0.2, 0) is 0 Å². The normalized spacial score (nSPS) is 12.7. The summed E-state index contributed by atoms with van der Waals surface area (Å²) >= 11 is 0. The van der Waals surface area contributed by atoms with Gasteiger partial charge in [-0.05, 0) is 25.2 Å². The molecule has 4 N–H and O–H groups in total. The molecule has 0 rings (SSSR count). The third-order valence-corrected chi connectivity index (χ3v) is 7.20. The molecule has 0 aromatic rings. The van der Waals surface area contributed by atoms with Gasteiger partial charge >= 0.3 is 0 Å². The topological polar surface area (TPSA) is 57.5 Å². The van der Waals surface area contributed by atoms with Gasteiger partial charge in [-0.25, -0.2) is 0 Å². The van der Waals surface area contributed by atoms with E-state index in [1.807, 2.05) is 0 Å². The number of hydrogen-bond donors (Lipinski definition) is 1. The second-order valence-corrected chi connectivity index (χ2v) is 9.93. The van der Waals surface area contributed by atoms with Crippen LogP contribution in [0.3, 0.4) is 0 Å². The number of hydrogen-bond acceptors (Lipinski definition) is 1. The van der Waals surface area contributed by atoms with Gasteiger partial charge in [-0.3, -0.25) is 0 Å². The highest BCUT2D eigenvalue weighted by atomic mass is 16.0. The van der Waals surface area contributed by atoms with Gasteiger partial charge in [0.15, 0.2) is 0 Å². The van der Waals surface area contributed by atoms with Gasteiger partial charge in [0.25, 0.3) is 0 Å². The Balaban J connectivity index is 0. The lowest BCUT2D eigenvalue weighted by Gasteiger charge is -2.38. The van der Waals surface area contributed by atoms with Crippen LogP contribution in [0.15, 0.2) is 0 Å². The molecule has 0 aromatic heterocycles. The molecule has 0 aliphatic carbocycles. The summed E-state index contributed by atoms with van der Waals surface area (Å²) in [4.78, 5) is 0. The van der Waals surface area contributed by atoms with Crippen molar-refractivity contribution in [2.24, 2.45) is 11.7 Å². The summed E-state index contributed by atoms with van der Waals surface area (Å²) in [5.74, 6) is 0.736. The van der Waals surface area contributed by atoms with E-state index in [2.05, 4.69) is 27.7 Å². The summed E-state index contributed by atoms with van der Waals surface area (Å²) < 4.78 is 0. The monoisotopic (exact) mass is 427 g/mol. The van der Waals surface area contributed by atoms with E-state index in [9.17, 15) is 0 Å². The van der Waals surface area contributed by atoms with Crippen LogP contribution in [0.4, 0.5) is 0 Å². The fourth-order valence-electron chi connectivity index (χ4n) is 5.07. The SMILES string of the molecule is CCCCCCCCC(CC)C(N)(CCCCCCCC)CCCCCCCC.O. The van der Waals surface area contributed by atoms with E-state index in [-0.39, 0.29) is 11.0 Å². The van der Waals surface area contributed by atoms with Crippen molar-refractivity contribution in [2.75, 3.05) is 0 Å². The maximum atomic E-state index is 7.20. The molecule has 0 aliphatic heterocycles. The standard InChI is InChI=1S/C28H59N.H2O/c1-5-9-12-15-18-21-24-27(8-4)28(29,25-22-19-16-13-10-6-2)26-23-20-17-14-11-7-3;/h27H,5-26,29H2,1-4H3;1H2. The van der Waals surface area contributed by atoms with Crippen molar-refractivity contribution in [3.05, 3.63) is 0 Å². The van der Waals surface area contributed by atoms with Gasteiger partial charge in [0.2, 0.25) is 0 Å². The van der Waals surface area contributed by atoms with E-state index >= 15 is 0 Å². The van der Waals surface area contributed by atoms with E-state index < -0.39 is 0 Å². The maximum Gasteiger partial charge on any atom is 0.0182 e. The fourth-order valence-corrected chi connectivity index (χ4v) is 5.07. The molecule has 0 fully saturated rings. The molecule has 0 bridgehead atoms. The Morgan fingerprint density at radius 1 is 0.500 bits per heavy atom. The molecule has 30 heavy (non-hydrogen) atoms. The second-order valence-electron chi connectivity index (χ2n) is 9.93. The van der Waals surface area contributed by atoms with Crippen LogP contribution in [0.5, 0.6) is 0 Å². The molecule has 0 saturated carbocycles. The van der Waals surface area contributed by atoms with Crippen LogP contribution in [0.25, 0.3) is 0 Å². The maximum absolute atomic E-state index is 7.20. The molecule has 0 aliphatic rings. The fraction of sp³-hybridized carbons (Fsp3) is 1.00. The molecule has 1 unspecified atom stereocenters. The average molecular weight is 428 g/mol. The van der Waals surface area contributed by atoms with Crippen molar-refractivity contribution in [1.29, 1.82) is 0 Å². The number of rotatable bonds is 23. The lowest BCUT2D eigenvalue weighted by atomic mass is 9.73. The van der Waals surface area contributed by atoms with Crippen molar-refractivity contribution in [1.82, 2.24) is 0 Å². The number of nitrogens with two attached hydrogens (primary N) is 1. The van der Waals surface area contributed by atoms with Gasteiger partial charge in [0.1, 0.15) is 0 Å². The summed E-state index contributed by atoms with van der Waals surface area (Å²) in [5, 5.41) is 0. The highest BCUT2D eigenvalue weighted by Crippen LogP contribution is 2.34. The Bertz CT molecular complexity index is 302. The van der Waals surface area contributed by atoms with Crippen molar-refractivity contribution < 1.29 is 5.48 Å². The van der Waals surface area contributed by atoms with E-state index in [1.165, 1.54) is 141 Å². The minimum absolute atomic E-state index is 0. The molecule has 0 amide bonds. The molecular weight excluding hydrogens is 366 g/mol. The van der Waals surface area contributed by atoms with Crippen molar-refractivity contribution in [2.45, 2.75) is 174 Å². The molecule has 0 saturated heterocycles. The lowest BCUT2D eigenvalue weighted by Crippen LogP contribution is -2.47. The molecule has 0 radical (unpaired) electrons. The number of unbranched alkanes of at least 4 members (excludes halogenated alkanes) is 15. The summed E-state index contributed by atoms with van der Waals surface area (Å²) in [6.07, 6.45) is 30.2. The van der Waals surface area contributed by atoms with Gasteiger partial charge in [-0.1, -0.05) is 150 Å². The summed E-state index contributed by atoms with van der Waals surface area (Å²) in [5.41, 5.74) is 7.30. The zero-order valence-corrected chi connectivity index (χ0v) is 21.7. The first-order valence-corrected chi connectivity index (χ1v) is 13.9. The predicted molar refractivity (Wildman–Crippen MR) is 138 cm³/mol. The Morgan fingerprint density at radius 3 is 1.20 bits per heavy atom.